The molecule has 0 saturated heterocycles. The Labute approximate surface area is 111 Å². The van der Waals surface area contributed by atoms with E-state index in [0.29, 0.717) is 16.6 Å². The first-order valence-electron chi connectivity index (χ1n) is 5.14. The molecule has 94 valence electrons. The van der Waals surface area contributed by atoms with Crippen LogP contribution in [0.2, 0.25) is 10.0 Å². The molecule has 0 unspecified atom stereocenters. The number of carbonyl (C=O) groups is 1. The molecule has 0 aliphatic heterocycles. The van der Waals surface area contributed by atoms with Crippen LogP contribution in [0.4, 0.5) is 0 Å². The van der Waals surface area contributed by atoms with Gasteiger partial charge < -0.3 is 4.74 Å². The summed E-state index contributed by atoms with van der Waals surface area (Å²) in [5, 5.41) is 4.25. The standard InChI is InChI=1S/C12H15Cl2NO2/c1-12(2,11(16)17-3)15-7-8-4-5-9(13)6-10(8)14/h4-6,15H,7H2,1-3H3. The molecule has 5 heteroatoms. The number of hydrogen-bond acceptors (Lipinski definition) is 3. The lowest BCUT2D eigenvalue weighted by molar-refractivity contribution is -0.147. The Morgan fingerprint density at radius 2 is 2.06 bits per heavy atom. The zero-order valence-electron chi connectivity index (χ0n) is 10.0. The van der Waals surface area contributed by atoms with Crippen molar-refractivity contribution in [3.8, 4) is 0 Å². The fraction of sp³-hybridized carbons (Fsp3) is 0.417. The highest BCUT2D eigenvalue weighted by atomic mass is 35.5. The molecular weight excluding hydrogens is 261 g/mol. The van der Waals surface area contributed by atoms with Crippen LogP contribution >= 0.6 is 23.2 Å². The second kappa shape index (κ2) is 5.71. The molecule has 0 spiro atoms. The number of halogens is 2. The van der Waals surface area contributed by atoms with Gasteiger partial charge in [0.2, 0.25) is 0 Å². The number of hydrogen-bond donors (Lipinski definition) is 1. The highest BCUT2D eigenvalue weighted by molar-refractivity contribution is 6.35. The van der Waals surface area contributed by atoms with Gasteiger partial charge in [0.1, 0.15) is 5.54 Å². The third-order valence-corrected chi connectivity index (χ3v) is 3.02. The monoisotopic (exact) mass is 275 g/mol. The predicted molar refractivity (Wildman–Crippen MR) is 69.4 cm³/mol. The van der Waals surface area contributed by atoms with E-state index in [2.05, 4.69) is 5.32 Å². The third kappa shape index (κ3) is 3.87. The van der Waals surface area contributed by atoms with E-state index in [1.807, 2.05) is 6.07 Å². The summed E-state index contributed by atoms with van der Waals surface area (Å²) in [6.07, 6.45) is 0. The molecule has 0 aromatic heterocycles. The van der Waals surface area contributed by atoms with Crippen molar-refractivity contribution in [3.05, 3.63) is 33.8 Å². The van der Waals surface area contributed by atoms with E-state index in [9.17, 15) is 4.79 Å². The minimum Gasteiger partial charge on any atom is -0.468 e. The summed E-state index contributed by atoms with van der Waals surface area (Å²) in [6.45, 7) is 3.98. The second-order valence-corrected chi connectivity index (χ2v) is 5.05. The van der Waals surface area contributed by atoms with Gasteiger partial charge in [-0.1, -0.05) is 29.3 Å². The summed E-state index contributed by atoms with van der Waals surface area (Å²) in [4.78, 5) is 11.5. The Balaban J connectivity index is 2.70. The first-order valence-corrected chi connectivity index (χ1v) is 5.90. The third-order valence-electron chi connectivity index (χ3n) is 2.43. The largest absolute Gasteiger partial charge is 0.468 e. The van der Waals surface area contributed by atoms with Crippen molar-refractivity contribution in [2.75, 3.05) is 7.11 Å². The molecule has 17 heavy (non-hydrogen) atoms. The molecule has 0 fully saturated rings. The second-order valence-electron chi connectivity index (χ2n) is 4.21. The summed E-state index contributed by atoms with van der Waals surface area (Å²) in [7, 11) is 1.36. The van der Waals surface area contributed by atoms with E-state index < -0.39 is 5.54 Å². The summed E-state index contributed by atoms with van der Waals surface area (Å²) >= 11 is 11.8. The molecule has 0 amide bonds. The molecule has 0 bridgehead atoms. The fourth-order valence-electron chi connectivity index (χ4n) is 1.31. The van der Waals surface area contributed by atoms with Gasteiger partial charge in [-0.05, 0) is 31.5 Å². The number of nitrogens with one attached hydrogen (secondary N) is 1. The van der Waals surface area contributed by atoms with Crippen molar-refractivity contribution >= 4 is 29.2 Å². The van der Waals surface area contributed by atoms with Crippen LogP contribution in [0.25, 0.3) is 0 Å². The predicted octanol–water partition coefficient (Wildman–Crippen LogP) is 3.03. The van der Waals surface area contributed by atoms with Gasteiger partial charge in [-0.3, -0.25) is 10.1 Å². The molecule has 0 atom stereocenters. The average molecular weight is 276 g/mol. The van der Waals surface area contributed by atoms with Crippen LogP contribution in [-0.2, 0) is 16.1 Å². The smallest absolute Gasteiger partial charge is 0.325 e. The lowest BCUT2D eigenvalue weighted by Gasteiger charge is -2.23. The number of ether oxygens (including phenoxy) is 1. The minimum absolute atomic E-state index is 0.317. The van der Waals surface area contributed by atoms with E-state index in [1.54, 1.807) is 26.0 Å². The Morgan fingerprint density at radius 3 is 2.59 bits per heavy atom. The van der Waals surface area contributed by atoms with E-state index in [0.717, 1.165) is 5.56 Å². The normalized spacial score (nSPS) is 11.4. The molecule has 1 N–H and O–H groups in total. The Morgan fingerprint density at radius 1 is 1.41 bits per heavy atom. The maximum atomic E-state index is 11.5. The van der Waals surface area contributed by atoms with Crippen LogP contribution in [0, 0.1) is 0 Å². The molecule has 1 aromatic carbocycles. The van der Waals surface area contributed by atoms with Crippen molar-refractivity contribution in [1.29, 1.82) is 0 Å². The van der Waals surface area contributed by atoms with Crippen LogP contribution in [-0.4, -0.2) is 18.6 Å². The maximum absolute atomic E-state index is 11.5. The SMILES string of the molecule is COC(=O)C(C)(C)NCc1ccc(Cl)cc1Cl. The lowest BCUT2D eigenvalue weighted by atomic mass is 10.1. The van der Waals surface area contributed by atoms with Gasteiger partial charge in [-0.15, -0.1) is 0 Å². The lowest BCUT2D eigenvalue weighted by Crippen LogP contribution is -2.46. The highest BCUT2D eigenvalue weighted by Crippen LogP contribution is 2.21. The number of methoxy groups -OCH3 is 1. The Kier molecular flexibility index (Phi) is 4.80. The molecule has 1 aromatic rings. The number of carbonyl (C=O) groups excluding carboxylic acids is 1. The van der Waals surface area contributed by atoms with Gasteiger partial charge in [0, 0.05) is 16.6 Å². The van der Waals surface area contributed by atoms with Crippen molar-refractivity contribution in [1.82, 2.24) is 5.32 Å². The van der Waals surface area contributed by atoms with Crippen molar-refractivity contribution in [2.45, 2.75) is 25.9 Å². The summed E-state index contributed by atoms with van der Waals surface area (Å²) in [5.41, 5.74) is 0.130. The Bertz CT molecular complexity index is 419. The van der Waals surface area contributed by atoms with E-state index >= 15 is 0 Å². The van der Waals surface area contributed by atoms with Crippen LogP contribution in [0.5, 0.6) is 0 Å². The first-order chi connectivity index (χ1) is 7.86. The van der Waals surface area contributed by atoms with Crippen LogP contribution in [0.15, 0.2) is 18.2 Å². The summed E-state index contributed by atoms with van der Waals surface area (Å²) < 4.78 is 4.70. The number of benzene rings is 1. The van der Waals surface area contributed by atoms with Crippen LogP contribution in [0.1, 0.15) is 19.4 Å². The van der Waals surface area contributed by atoms with E-state index in [4.69, 9.17) is 27.9 Å². The molecule has 1 rings (SSSR count). The molecule has 3 nitrogen and oxygen atoms in total. The zero-order valence-corrected chi connectivity index (χ0v) is 11.5. The minimum atomic E-state index is -0.752. The van der Waals surface area contributed by atoms with Crippen LogP contribution in [0.3, 0.4) is 0 Å². The van der Waals surface area contributed by atoms with Gasteiger partial charge >= 0.3 is 5.97 Å². The molecular formula is C12H15Cl2NO2. The molecule has 0 radical (unpaired) electrons. The van der Waals surface area contributed by atoms with E-state index in [1.165, 1.54) is 7.11 Å². The maximum Gasteiger partial charge on any atom is 0.325 e. The topological polar surface area (TPSA) is 38.3 Å². The number of rotatable bonds is 4. The van der Waals surface area contributed by atoms with Gasteiger partial charge in [-0.2, -0.15) is 0 Å². The van der Waals surface area contributed by atoms with Crippen molar-refractivity contribution in [3.63, 3.8) is 0 Å². The Hall–Kier alpha value is -0.770. The summed E-state index contributed by atoms with van der Waals surface area (Å²) in [5.74, 6) is -0.317. The van der Waals surface area contributed by atoms with Gasteiger partial charge in [0.05, 0.1) is 7.11 Å². The quantitative estimate of drug-likeness (QED) is 0.859. The van der Waals surface area contributed by atoms with Gasteiger partial charge in [0.15, 0.2) is 0 Å². The summed E-state index contributed by atoms with van der Waals surface area (Å²) in [6, 6.07) is 5.26. The van der Waals surface area contributed by atoms with Crippen molar-refractivity contribution < 1.29 is 9.53 Å². The number of esters is 1. The average Bonchev–Trinajstić information content (AvgIpc) is 2.26. The molecule has 0 saturated carbocycles. The van der Waals surface area contributed by atoms with E-state index in [-0.39, 0.29) is 5.97 Å². The fourth-order valence-corrected chi connectivity index (χ4v) is 1.78. The molecule has 0 aliphatic carbocycles. The molecule has 0 aliphatic rings. The molecule has 0 heterocycles. The zero-order chi connectivity index (χ0) is 13.1. The highest BCUT2D eigenvalue weighted by Gasteiger charge is 2.27. The van der Waals surface area contributed by atoms with Gasteiger partial charge in [0.25, 0.3) is 0 Å². The van der Waals surface area contributed by atoms with Crippen molar-refractivity contribution in [2.24, 2.45) is 0 Å². The van der Waals surface area contributed by atoms with Gasteiger partial charge in [-0.25, -0.2) is 0 Å². The first kappa shape index (κ1) is 14.3. The van der Waals surface area contributed by atoms with Crippen LogP contribution < -0.4 is 5.32 Å².